The van der Waals surface area contributed by atoms with E-state index in [1.165, 1.54) is 43.7 Å². The van der Waals surface area contributed by atoms with Crippen LogP contribution < -0.4 is 11.1 Å². The van der Waals surface area contributed by atoms with E-state index in [1.807, 2.05) is 6.07 Å². The van der Waals surface area contributed by atoms with Crippen LogP contribution in [0, 0.1) is 0 Å². The van der Waals surface area contributed by atoms with Crippen LogP contribution in [-0.4, -0.2) is 43.7 Å². The molecule has 3 N–H and O–H groups in total. The van der Waals surface area contributed by atoms with E-state index in [1.54, 1.807) is 6.92 Å². The number of carbonyl (C=O) groups is 1. The zero-order valence-electron chi connectivity index (χ0n) is 12.0. The van der Waals surface area contributed by atoms with Crippen LogP contribution in [-0.2, 0) is 4.74 Å². The maximum absolute atomic E-state index is 11.7. The Labute approximate surface area is 124 Å². The molecule has 0 unspecified atom stereocenters. The van der Waals surface area contributed by atoms with Gasteiger partial charge in [0.1, 0.15) is 4.88 Å². The lowest BCUT2D eigenvalue weighted by atomic mass is 10.1. The van der Waals surface area contributed by atoms with E-state index in [0.29, 0.717) is 17.2 Å². The van der Waals surface area contributed by atoms with Crippen molar-refractivity contribution in [2.45, 2.75) is 26.2 Å². The lowest BCUT2D eigenvalue weighted by Crippen LogP contribution is -2.33. The number of nitrogens with two attached hydrogens (primary N) is 1. The number of hydrogen-bond acceptors (Lipinski definition) is 6. The first-order valence-electron chi connectivity index (χ1n) is 7.23. The fraction of sp³-hybridized carbons (Fsp3) is 0.643. The molecule has 1 aliphatic rings. The lowest BCUT2D eigenvalue weighted by Gasteiger charge is -2.26. The molecule has 0 atom stereocenters. The quantitative estimate of drug-likeness (QED) is 0.789. The van der Waals surface area contributed by atoms with E-state index in [-0.39, 0.29) is 5.97 Å². The van der Waals surface area contributed by atoms with Crippen molar-refractivity contribution in [3.8, 4) is 0 Å². The molecule has 0 aliphatic carbocycles. The molecule has 112 valence electrons. The molecule has 2 rings (SSSR count). The molecule has 0 bridgehead atoms. The minimum atomic E-state index is -0.334. The van der Waals surface area contributed by atoms with Gasteiger partial charge >= 0.3 is 5.97 Å². The molecule has 1 aliphatic heterocycles. The second-order valence-electron chi connectivity index (χ2n) is 4.94. The Hall–Kier alpha value is -1.27. The molecular weight excluding hydrogens is 274 g/mol. The molecule has 20 heavy (non-hydrogen) atoms. The third kappa shape index (κ3) is 4.11. The smallest absolute Gasteiger partial charge is 0.350 e. The summed E-state index contributed by atoms with van der Waals surface area (Å²) in [6.07, 6.45) is 3.96. The van der Waals surface area contributed by atoms with Gasteiger partial charge in [0.25, 0.3) is 0 Å². The number of rotatable bonds is 6. The highest BCUT2D eigenvalue weighted by atomic mass is 32.1. The van der Waals surface area contributed by atoms with Gasteiger partial charge in [-0.05, 0) is 38.9 Å². The van der Waals surface area contributed by atoms with E-state index in [0.717, 1.165) is 18.1 Å². The van der Waals surface area contributed by atoms with Gasteiger partial charge in [-0.1, -0.05) is 6.42 Å². The third-order valence-corrected chi connectivity index (χ3v) is 4.49. The lowest BCUT2D eigenvalue weighted by molar-refractivity contribution is 0.0533. The van der Waals surface area contributed by atoms with Crippen LogP contribution in [0.25, 0.3) is 0 Å². The Morgan fingerprint density at radius 2 is 2.20 bits per heavy atom. The van der Waals surface area contributed by atoms with Crippen molar-refractivity contribution in [3.05, 3.63) is 10.9 Å². The van der Waals surface area contributed by atoms with Crippen molar-refractivity contribution in [1.82, 2.24) is 4.90 Å². The topological polar surface area (TPSA) is 67.6 Å². The SMILES string of the molecule is CCOC(=O)c1sc(NCCN2CCCCC2)cc1N. The summed E-state index contributed by atoms with van der Waals surface area (Å²) in [5.41, 5.74) is 6.34. The van der Waals surface area contributed by atoms with Crippen LogP contribution >= 0.6 is 11.3 Å². The summed E-state index contributed by atoms with van der Waals surface area (Å²) in [6, 6.07) is 1.81. The summed E-state index contributed by atoms with van der Waals surface area (Å²) in [5, 5.41) is 4.27. The van der Waals surface area contributed by atoms with Gasteiger partial charge in [0.05, 0.1) is 17.3 Å². The number of anilines is 2. The Kier molecular flexibility index (Phi) is 5.67. The van der Waals surface area contributed by atoms with Crippen molar-refractivity contribution in [1.29, 1.82) is 0 Å². The van der Waals surface area contributed by atoms with Crippen LogP contribution in [0.2, 0.25) is 0 Å². The number of likely N-dealkylation sites (tertiary alicyclic amines) is 1. The maximum atomic E-state index is 11.7. The van der Waals surface area contributed by atoms with Gasteiger partial charge in [0, 0.05) is 13.1 Å². The first kappa shape index (κ1) is 15.1. The average molecular weight is 297 g/mol. The molecule has 0 aromatic carbocycles. The largest absolute Gasteiger partial charge is 0.462 e. The van der Waals surface area contributed by atoms with Gasteiger partial charge in [-0.3, -0.25) is 0 Å². The highest BCUT2D eigenvalue weighted by Crippen LogP contribution is 2.29. The van der Waals surface area contributed by atoms with Crippen molar-refractivity contribution in [2.75, 3.05) is 43.8 Å². The van der Waals surface area contributed by atoms with Crippen LogP contribution in [0.3, 0.4) is 0 Å². The molecule has 5 nitrogen and oxygen atoms in total. The molecule has 1 aromatic heterocycles. The van der Waals surface area contributed by atoms with Crippen LogP contribution in [0.4, 0.5) is 10.7 Å². The van der Waals surface area contributed by atoms with Crippen LogP contribution in [0.1, 0.15) is 35.9 Å². The summed E-state index contributed by atoms with van der Waals surface area (Å²) < 4.78 is 4.98. The molecule has 1 saturated heterocycles. The number of ether oxygens (including phenoxy) is 1. The van der Waals surface area contributed by atoms with E-state index in [4.69, 9.17) is 10.5 Å². The number of thiophene rings is 1. The molecule has 6 heteroatoms. The number of carbonyl (C=O) groups excluding carboxylic acids is 1. The molecule has 0 saturated carbocycles. The maximum Gasteiger partial charge on any atom is 0.350 e. The molecule has 0 radical (unpaired) electrons. The zero-order valence-corrected chi connectivity index (χ0v) is 12.8. The summed E-state index contributed by atoms with van der Waals surface area (Å²) in [6.45, 7) is 6.47. The van der Waals surface area contributed by atoms with Gasteiger partial charge in [0.2, 0.25) is 0 Å². The van der Waals surface area contributed by atoms with E-state index in [9.17, 15) is 4.79 Å². The summed E-state index contributed by atoms with van der Waals surface area (Å²) >= 11 is 1.36. The standard InChI is InChI=1S/C14H23N3O2S/c1-2-19-14(18)13-11(15)10-12(20-13)16-6-9-17-7-4-3-5-8-17/h10,16H,2-9,15H2,1H3. The highest BCUT2D eigenvalue weighted by molar-refractivity contribution is 7.18. The highest BCUT2D eigenvalue weighted by Gasteiger charge is 2.15. The Balaban J connectivity index is 1.81. The van der Waals surface area contributed by atoms with Crippen molar-refractivity contribution in [2.24, 2.45) is 0 Å². The van der Waals surface area contributed by atoms with E-state index in [2.05, 4.69) is 10.2 Å². The first-order valence-corrected chi connectivity index (χ1v) is 8.05. The van der Waals surface area contributed by atoms with Gasteiger partial charge in [-0.25, -0.2) is 4.79 Å². The molecule has 1 fully saturated rings. The zero-order chi connectivity index (χ0) is 14.4. The average Bonchev–Trinajstić information content (AvgIpc) is 2.81. The normalized spacial score (nSPS) is 16.1. The molecule has 0 spiro atoms. The van der Waals surface area contributed by atoms with Crippen molar-refractivity contribution in [3.63, 3.8) is 0 Å². The van der Waals surface area contributed by atoms with Gasteiger partial charge in [0.15, 0.2) is 0 Å². The minimum absolute atomic E-state index is 0.334. The fourth-order valence-corrected chi connectivity index (χ4v) is 3.27. The number of nitrogens with zero attached hydrogens (tertiary/aromatic N) is 1. The van der Waals surface area contributed by atoms with Gasteiger partial charge in [-0.15, -0.1) is 11.3 Å². The monoisotopic (exact) mass is 297 g/mol. The summed E-state index contributed by atoms with van der Waals surface area (Å²) in [5.74, 6) is -0.334. The van der Waals surface area contributed by atoms with Gasteiger partial charge in [-0.2, -0.15) is 0 Å². The predicted octanol–water partition coefficient (Wildman–Crippen LogP) is 2.40. The van der Waals surface area contributed by atoms with E-state index >= 15 is 0 Å². The Morgan fingerprint density at radius 3 is 2.90 bits per heavy atom. The first-order chi connectivity index (χ1) is 9.70. The molecule has 1 aromatic rings. The summed E-state index contributed by atoms with van der Waals surface area (Å²) in [4.78, 5) is 14.6. The fourth-order valence-electron chi connectivity index (χ4n) is 2.37. The summed E-state index contributed by atoms with van der Waals surface area (Å²) in [7, 11) is 0. The number of nitrogens with one attached hydrogen (secondary N) is 1. The number of hydrogen-bond donors (Lipinski definition) is 2. The van der Waals surface area contributed by atoms with E-state index < -0.39 is 0 Å². The Morgan fingerprint density at radius 1 is 1.45 bits per heavy atom. The number of piperidine rings is 1. The second kappa shape index (κ2) is 7.50. The predicted molar refractivity (Wildman–Crippen MR) is 83.5 cm³/mol. The van der Waals surface area contributed by atoms with Crippen molar-refractivity contribution >= 4 is 28.0 Å². The molecule has 2 heterocycles. The second-order valence-corrected chi connectivity index (χ2v) is 6.00. The minimum Gasteiger partial charge on any atom is -0.462 e. The third-order valence-electron chi connectivity index (χ3n) is 3.40. The van der Waals surface area contributed by atoms with Gasteiger partial charge < -0.3 is 20.7 Å². The molecule has 0 amide bonds. The van der Waals surface area contributed by atoms with Crippen LogP contribution in [0.5, 0.6) is 0 Å². The molecular formula is C14H23N3O2S. The van der Waals surface area contributed by atoms with Crippen LogP contribution in [0.15, 0.2) is 6.07 Å². The number of esters is 1. The number of nitrogen functional groups attached to an aromatic ring is 1. The Bertz CT molecular complexity index is 442. The van der Waals surface area contributed by atoms with Crippen molar-refractivity contribution < 1.29 is 9.53 Å².